The second kappa shape index (κ2) is 8.98. The highest BCUT2D eigenvalue weighted by Crippen LogP contribution is 2.59. The fraction of sp³-hybridized carbons (Fsp3) is 0.561. The number of anilines is 4. The van der Waals surface area contributed by atoms with E-state index in [4.69, 9.17) is 0 Å². The van der Waals surface area contributed by atoms with E-state index in [1.807, 2.05) is 5.56 Å². The summed E-state index contributed by atoms with van der Waals surface area (Å²) in [7, 11) is 0. The standard InChI is InChI=1S/C41H47BN2/c1-3-13-34-32(11-1)42-33-12-2-4-14-35(33)44(41-24-18-28(19-25-41)20-26-41)39-31-10-6-8-29-7-5-9-30(36(29)31)38(37(39)42)43(34)40-21-15-27(16-22-40)17-23-40/h1-4,11-14,27-29H,5-10,15-26H2. The van der Waals surface area contributed by atoms with Gasteiger partial charge in [0, 0.05) is 33.8 Å². The Balaban J connectivity index is 1.28. The first-order chi connectivity index (χ1) is 21.7. The van der Waals surface area contributed by atoms with Gasteiger partial charge in [0.2, 0.25) is 0 Å². The lowest BCUT2D eigenvalue weighted by Gasteiger charge is -2.61. The van der Waals surface area contributed by atoms with Crippen molar-refractivity contribution in [1.82, 2.24) is 0 Å². The average molecular weight is 579 g/mol. The molecule has 8 aliphatic carbocycles. The van der Waals surface area contributed by atoms with Crippen molar-refractivity contribution in [3.8, 4) is 0 Å². The summed E-state index contributed by atoms with van der Waals surface area (Å²) in [5.74, 6) is 2.74. The molecule has 0 spiro atoms. The molecule has 0 radical (unpaired) electrons. The van der Waals surface area contributed by atoms with Crippen LogP contribution in [-0.2, 0) is 12.8 Å². The van der Waals surface area contributed by atoms with Crippen LogP contribution < -0.4 is 26.2 Å². The second-order valence-electron chi connectivity index (χ2n) is 16.6. The molecule has 3 aromatic rings. The third-order valence-corrected chi connectivity index (χ3v) is 14.9. The molecule has 224 valence electrons. The van der Waals surface area contributed by atoms with Crippen molar-refractivity contribution in [1.29, 1.82) is 0 Å². The quantitative estimate of drug-likeness (QED) is 0.282. The molecule has 0 N–H and O–H groups in total. The Bertz CT molecular complexity index is 1540. The van der Waals surface area contributed by atoms with E-state index in [1.54, 1.807) is 50.3 Å². The van der Waals surface area contributed by atoms with E-state index >= 15 is 0 Å². The second-order valence-corrected chi connectivity index (χ2v) is 16.6. The summed E-state index contributed by atoms with van der Waals surface area (Å²) in [5.41, 5.74) is 17.6. The van der Waals surface area contributed by atoms with Gasteiger partial charge in [0.1, 0.15) is 0 Å². The Morgan fingerprint density at radius 3 is 1.43 bits per heavy atom. The molecule has 44 heavy (non-hydrogen) atoms. The van der Waals surface area contributed by atoms with E-state index in [9.17, 15) is 0 Å². The fourth-order valence-corrected chi connectivity index (χ4v) is 12.8. The number of para-hydroxylation sites is 2. The van der Waals surface area contributed by atoms with Crippen LogP contribution >= 0.6 is 0 Å². The van der Waals surface area contributed by atoms with Crippen LogP contribution in [0.1, 0.15) is 125 Å². The van der Waals surface area contributed by atoms with E-state index < -0.39 is 0 Å². The Labute approximate surface area is 264 Å². The van der Waals surface area contributed by atoms with Gasteiger partial charge in [-0.05, 0) is 179 Å². The Morgan fingerprint density at radius 1 is 0.545 bits per heavy atom. The van der Waals surface area contributed by atoms with Gasteiger partial charge in [-0.2, -0.15) is 0 Å². The molecule has 2 aliphatic heterocycles. The van der Waals surface area contributed by atoms with Gasteiger partial charge in [0.25, 0.3) is 6.71 Å². The summed E-state index contributed by atoms with van der Waals surface area (Å²) in [6.45, 7) is 0.358. The molecule has 6 fully saturated rings. The molecule has 3 aromatic carbocycles. The van der Waals surface area contributed by atoms with Crippen LogP contribution in [0, 0.1) is 11.8 Å². The highest BCUT2D eigenvalue weighted by Gasteiger charge is 2.56. The summed E-state index contributed by atoms with van der Waals surface area (Å²) in [6.07, 6.45) is 25.1. The van der Waals surface area contributed by atoms with Crippen molar-refractivity contribution < 1.29 is 0 Å². The molecule has 6 saturated carbocycles. The lowest BCUT2D eigenvalue weighted by atomic mass is 9.32. The molecule has 3 heteroatoms. The summed E-state index contributed by atoms with van der Waals surface area (Å²) >= 11 is 0. The largest absolute Gasteiger partial charge is 0.336 e. The van der Waals surface area contributed by atoms with E-state index in [1.165, 1.54) is 116 Å². The number of hydrogen-bond acceptors (Lipinski definition) is 2. The maximum atomic E-state index is 3.08. The van der Waals surface area contributed by atoms with Gasteiger partial charge in [-0.15, -0.1) is 0 Å². The van der Waals surface area contributed by atoms with Crippen LogP contribution in [0.2, 0.25) is 0 Å². The van der Waals surface area contributed by atoms with Crippen molar-refractivity contribution in [2.45, 2.75) is 133 Å². The molecule has 13 rings (SSSR count). The van der Waals surface area contributed by atoms with Crippen LogP contribution in [0.4, 0.5) is 22.7 Å². The number of benzene rings is 3. The maximum absolute atomic E-state index is 3.08. The monoisotopic (exact) mass is 578 g/mol. The Hall–Kier alpha value is -2.68. The van der Waals surface area contributed by atoms with E-state index in [2.05, 4.69) is 58.3 Å². The maximum Gasteiger partial charge on any atom is 0.252 e. The van der Waals surface area contributed by atoms with Gasteiger partial charge in [0.05, 0.1) is 0 Å². The summed E-state index contributed by atoms with van der Waals surface area (Å²) in [6, 6.07) is 19.6. The first kappa shape index (κ1) is 25.5. The Morgan fingerprint density at radius 2 is 0.977 bits per heavy atom. The smallest absolute Gasteiger partial charge is 0.252 e. The molecule has 10 aliphatic rings. The van der Waals surface area contributed by atoms with Crippen molar-refractivity contribution in [3.63, 3.8) is 0 Å². The normalized spacial score (nSPS) is 33.9. The van der Waals surface area contributed by atoms with E-state index in [0.29, 0.717) is 17.8 Å². The first-order valence-electron chi connectivity index (χ1n) is 18.7. The average Bonchev–Trinajstić information content (AvgIpc) is 3.11. The molecule has 2 nitrogen and oxygen atoms in total. The van der Waals surface area contributed by atoms with Crippen molar-refractivity contribution in [3.05, 3.63) is 65.2 Å². The van der Waals surface area contributed by atoms with Gasteiger partial charge in [-0.3, -0.25) is 0 Å². The highest BCUT2D eigenvalue weighted by molar-refractivity contribution is 7.00. The minimum Gasteiger partial charge on any atom is -0.336 e. The van der Waals surface area contributed by atoms with Crippen LogP contribution in [0.15, 0.2) is 48.5 Å². The van der Waals surface area contributed by atoms with Crippen molar-refractivity contribution in [2.75, 3.05) is 9.80 Å². The predicted octanol–water partition coefficient (Wildman–Crippen LogP) is 8.31. The molecule has 0 amide bonds. The molecular formula is C41H47BN2. The minimum atomic E-state index is 0.291. The number of rotatable bonds is 2. The van der Waals surface area contributed by atoms with E-state index in [0.717, 1.165) is 17.8 Å². The molecule has 0 unspecified atom stereocenters. The third-order valence-electron chi connectivity index (χ3n) is 14.9. The lowest BCUT2D eigenvalue weighted by Crippen LogP contribution is -2.68. The number of nitrogens with zero attached hydrogens (tertiary/aromatic N) is 2. The molecule has 0 aromatic heterocycles. The highest BCUT2D eigenvalue weighted by atomic mass is 15.3. The van der Waals surface area contributed by atoms with Gasteiger partial charge in [-0.1, -0.05) is 36.4 Å². The van der Waals surface area contributed by atoms with Gasteiger partial charge >= 0.3 is 0 Å². The molecule has 0 saturated heterocycles. The topological polar surface area (TPSA) is 6.48 Å². The van der Waals surface area contributed by atoms with Crippen LogP contribution in [-0.4, -0.2) is 17.8 Å². The van der Waals surface area contributed by atoms with Crippen molar-refractivity contribution in [2.24, 2.45) is 11.8 Å². The van der Waals surface area contributed by atoms with Gasteiger partial charge in [-0.25, -0.2) is 0 Å². The molecule has 4 bridgehead atoms. The zero-order valence-electron chi connectivity index (χ0n) is 26.6. The fourth-order valence-electron chi connectivity index (χ4n) is 12.8. The molecule has 2 heterocycles. The minimum absolute atomic E-state index is 0.291. The number of fused-ring (bicyclic) bond motifs is 12. The summed E-state index contributed by atoms with van der Waals surface area (Å²) in [4.78, 5) is 6.17. The summed E-state index contributed by atoms with van der Waals surface area (Å²) < 4.78 is 0. The molecular weight excluding hydrogens is 531 g/mol. The number of hydrogen-bond donors (Lipinski definition) is 0. The van der Waals surface area contributed by atoms with Gasteiger partial charge < -0.3 is 9.80 Å². The van der Waals surface area contributed by atoms with Crippen LogP contribution in [0.3, 0.4) is 0 Å². The third kappa shape index (κ3) is 3.15. The molecule has 0 atom stereocenters. The van der Waals surface area contributed by atoms with Gasteiger partial charge in [0.15, 0.2) is 0 Å². The zero-order valence-corrected chi connectivity index (χ0v) is 26.6. The van der Waals surface area contributed by atoms with E-state index in [-0.39, 0.29) is 0 Å². The predicted molar refractivity (Wildman–Crippen MR) is 185 cm³/mol. The SMILES string of the molecule is c1ccc2c(c1)B1c3ccccc3N(C34CCC(CC3)CC4)c3c4c5c(c(c31)N2C12CCC(CC1)CC2)CCCC5CCC4. The lowest BCUT2D eigenvalue weighted by molar-refractivity contribution is 0.140. The Kier molecular flexibility index (Phi) is 5.21. The zero-order chi connectivity index (χ0) is 28.6. The van der Waals surface area contributed by atoms with Crippen LogP contribution in [0.25, 0.3) is 0 Å². The van der Waals surface area contributed by atoms with Crippen molar-refractivity contribution >= 4 is 45.9 Å². The van der Waals surface area contributed by atoms with Crippen LogP contribution in [0.5, 0.6) is 0 Å². The summed E-state index contributed by atoms with van der Waals surface area (Å²) in [5, 5.41) is 0. The first-order valence-corrected chi connectivity index (χ1v) is 18.7.